The number of hydrogen-bond acceptors (Lipinski definition) is 6. The predicted molar refractivity (Wildman–Crippen MR) is 102 cm³/mol. The van der Waals surface area contributed by atoms with Crippen LogP contribution in [0.25, 0.3) is 21.7 Å². The highest BCUT2D eigenvalue weighted by atomic mass is 32.1. The van der Waals surface area contributed by atoms with Gasteiger partial charge in [0.1, 0.15) is 0 Å². The number of anilines is 1. The molecule has 1 aromatic heterocycles. The molecular weight excluding hydrogens is 352 g/mol. The summed E-state index contributed by atoms with van der Waals surface area (Å²) in [5.74, 6) is -0.923. The molecule has 26 heavy (non-hydrogen) atoms. The Morgan fingerprint density at radius 1 is 1.27 bits per heavy atom. The highest BCUT2D eigenvalue weighted by Crippen LogP contribution is 2.28. The Morgan fingerprint density at radius 2 is 2.00 bits per heavy atom. The Bertz CT molecular complexity index is 792. The minimum absolute atomic E-state index is 0.279. The van der Waals surface area contributed by atoms with Crippen molar-refractivity contribution in [3.63, 3.8) is 0 Å². The first kappa shape index (κ1) is 18.2. The van der Waals surface area contributed by atoms with Gasteiger partial charge in [0.05, 0.1) is 11.3 Å². The number of piperazine rings is 1. The summed E-state index contributed by atoms with van der Waals surface area (Å²) in [7, 11) is 0. The molecule has 0 unspecified atom stereocenters. The number of aromatic nitrogens is 1. The van der Waals surface area contributed by atoms with Crippen molar-refractivity contribution in [1.82, 2.24) is 9.88 Å². The molecule has 1 aromatic carbocycles. The zero-order valence-electron chi connectivity index (χ0n) is 14.3. The van der Waals surface area contributed by atoms with Crippen LogP contribution in [0.1, 0.15) is 16.8 Å². The third kappa shape index (κ3) is 4.51. The van der Waals surface area contributed by atoms with E-state index in [1.54, 1.807) is 35.6 Å². The fraction of sp³-hybridized carbons (Fsp3) is 0.412. The first-order valence-corrected chi connectivity index (χ1v) is 9.33. The molecule has 0 saturated carbocycles. The van der Waals surface area contributed by atoms with Crippen LogP contribution in [0, 0.1) is 0 Å². The average Bonchev–Trinajstić information content (AvgIpc) is 3.16. The molecule has 136 valence electrons. The lowest BCUT2D eigenvalue weighted by atomic mass is 10.1. The lowest BCUT2D eigenvalue weighted by Gasteiger charge is -2.34. The summed E-state index contributed by atoms with van der Waals surface area (Å²) in [5.41, 5.74) is 10.4. The van der Waals surface area contributed by atoms with E-state index in [-0.39, 0.29) is 5.56 Å². The Balaban J connectivity index is 1.55. The first-order valence-electron chi connectivity index (χ1n) is 8.45. The minimum Gasteiger partial charge on any atom is -0.478 e. The summed E-state index contributed by atoms with van der Waals surface area (Å²) in [5, 5.41) is 15.6. The number of thiazole rings is 1. The molecule has 1 aliphatic heterocycles. The molecule has 0 spiro atoms. The molecule has 0 aliphatic carbocycles. The van der Waals surface area contributed by atoms with E-state index >= 15 is 0 Å². The number of aromatic carboxylic acids is 1. The van der Waals surface area contributed by atoms with Gasteiger partial charge in [-0.25, -0.2) is 9.78 Å². The second kappa shape index (κ2) is 8.66. The van der Waals surface area contributed by atoms with Crippen molar-refractivity contribution in [2.45, 2.75) is 6.42 Å². The van der Waals surface area contributed by atoms with Crippen LogP contribution < -0.4 is 4.90 Å². The van der Waals surface area contributed by atoms with Crippen LogP contribution in [0.15, 0.2) is 34.8 Å². The standard InChI is InChI=1S/C17H20N6O2S/c18-21-19-6-1-7-22-8-10-23(11-9-22)17-20-15(12-26-17)13-2-4-14(5-3-13)16(24)25/h2-5,12H,1,6-11H2,(H,24,25). The van der Waals surface area contributed by atoms with E-state index in [0.717, 1.165) is 55.5 Å². The van der Waals surface area contributed by atoms with Gasteiger partial charge in [-0.15, -0.1) is 11.3 Å². The van der Waals surface area contributed by atoms with Crippen LogP contribution in [-0.2, 0) is 0 Å². The summed E-state index contributed by atoms with van der Waals surface area (Å²) in [6.07, 6.45) is 0.887. The van der Waals surface area contributed by atoms with Crippen molar-refractivity contribution >= 4 is 22.4 Å². The maximum atomic E-state index is 10.9. The molecule has 3 rings (SSSR count). The number of rotatable bonds is 7. The van der Waals surface area contributed by atoms with Crippen molar-refractivity contribution in [1.29, 1.82) is 0 Å². The van der Waals surface area contributed by atoms with Crippen molar-refractivity contribution in [2.75, 3.05) is 44.2 Å². The van der Waals surface area contributed by atoms with Gasteiger partial charge in [-0.05, 0) is 30.6 Å². The quantitative estimate of drug-likeness (QED) is 0.347. The molecule has 1 N–H and O–H groups in total. The average molecular weight is 372 g/mol. The summed E-state index contributed by atoms with van der Waals surface area (Å²) in [6, 6.07) is 6.80. The summed E-state index contributed by atoms with van der Waals surface area (Å²) >= 11 is 1.61. The molecule has 0 atom stereocenters. The predicted octanol–water partition coefficient (Wildman–Crippen LogP) is 3.33. The van der Waals surface area contributed by atoms with Crippen molar-refractivity contribution in [3.8, 4) is 11.3 Å². The van der Waals surface area contributed by atoms with E-state index < -0.39 is 5.97 Å². The second-order valence-corrected chi connectivity index (χ2v) is 6.87. The molecule has 9 heteroatoms. The van der Waals surface area contributed by atoms with Crippen LogP contribution in [0.2, 0.25) is 0 Å². The van der Waals surface area contributed by atoms with Gasteiger partial charge in [0.2, 0.25) is 0 Å². The van der Waals surface area contributed by atoms with Gasteiger partial charge in [-0.3, -0.25) is 4.90 Å². The van der Waals surface area contributed by atoms with Gasteiger partial charge in [-0.1, -0.05) is 17.2 Å². The smallest absolute Gasteiger partial charge is 0.335 e. The van der Waals surface area contributed by atoms with Gasteiger partial charge in [0.25, 0.3) is 0 Å². The highest BCUT2D eigenvalue weighted by molar-refractivity contribution is 7.14. The van der Waals surface area contributed by atoms with Crippen LogP contribution in [0.5, 0.6) is 0 Å². The van der Waals surface area contributed by atoms with Gasteiger partial charge >= 0.3 is 5.97 Å². The van der Waals surface area contributed by atoms with E-state index in [0.29, 0.717) is 6.54 Å². The number of carboxylic acids is 1. The van der Waals surface area contributed by atoms with E-state index in [2.05, 4.69) is 19.8 Å². The fourth-order valence-electron chi connectivity index (χ4n) is 2.90. The lowest BCUT2D eigenvalue weighted by Crippen LogP contribution is -2.46. The summed E-state index contributed by atoms with van der Waals surface area (Å²) in [6.45, 7) is 5.29. The largest absolute Gasteiger partial charge is 0.478 e. The third-order valence-corrected chi connectivity index (χ3v) is 5.26. The van der Waals surface area contributed by atoms with Crippen LogP contribution >= 0.6 is 11.3 Å². The number of benzene rings is 1. The van der Waals surface area contributed by atoms with E-state index in [9.17, 15) is 4.79 Å². The first-order chi connectivity index (χ1) is 12.7. The van der Waals surface area contributed by atoms with Gasteiger partial charge in [-0.2, -0.15) is 0 Å². The monoisotopic (exact) mass is 372 g/mol. The van der Waals surface area contributed by atoms with Crippen molar-refractivity contribution in [2.24, 2.45) is 5.11 Å². The molecular formula is C17H20N6O2S. The lowest BCUT2D eigenvalue weighted by molar-refractivity contribution is 0.0697. The summed E-state index contributed by atoms with van der Waals surface area (Å²) in [4.78, 5) is 23.1. The maximum Gasteiger partial charge on any atom is 0.335 e. The zero-order valence-corrected chi connectivity index (χ0v) is 15.1. The second-order valence-electron chi connectivity index (χ2n) is 6.03. The molecule has 0 bridgehead atoms. The Kier molecular flexibility index (Phi) is 6.06. The number of carboxylic acid groups (broad SMARTS) is 1. The van der Waals surface area contributed by atoms with Crippen molar-refractivity contribution < 1.29 is 9.90 Å². The van der Waals surface area contributed by atoms with E-state index in [1.165, 1.54) is 0 Å². The molecule has 2 aromatic rings. The molecule has 1 aliphatic rings. The van der Waals surface area contributed by atoms with Crippen LogP contribution in [0.3, 0.4) is 0 Å². The third-order valence-electron chi connectivity index (χ3n) is 4.36. The van der Waals surface area contributed by atoms with Gasteiger partial charge < -0.3 is 10.0 Å². The molecule has 2 heterocycles. The Morgan fingerprint density at radius 3 is 2.65 bits per heavy atom. The molecule has 0 amide bonds. The highest BCUT2D eigenvalue weighted by Gasteiger charge is 2.19. The molecule has 1 fully saturated rings. The maximum absolute atomic E-state index is 10.9. The summed E-state index contributed by atoms with van der Waals surface area (Å²) < 4.78 is 0. The van der Waals surface area contributed by atoms with E-state index in [1.807, 2.05) is 5.38 Å². The number of azide groups is 1. The van der Waals surface area contributed by atoms with Crippen LogP contribution in [-0.4, -0.2) is 60.2 Å². The van der Waals surface area contributed by atoms with Gasteiger partial charge in [0.15, 0.2) is 5.13 Å². The molecule has 1 saturated heterocycles. The molecule has 0 radical (unpaired) electrons. The zero-order chi connectivity index (χ0) is 18.4. The Labute approximate surface area is 155 Å². The van der Waals surface area contributed by atoms with Crippen LogP contribution in [0.4, 0.5) is 5.13 Å². The number of hydrogen-bond donors (Lipinski definition) is 1. The molecule has 8 nitrogen and oxygen atoms in total. The van der Waals surface area contributed by atoms with Crippen molar-refractivity contribution in [3.05, 3.63) is 45.7 Å². The topological polar surface area (TPSA) is 105 Å². The van der Waals surface area contributed by atoms with Gasteiger partial charge in [0, 0.05) is 48.6 Å². The fourth-order valence-corrected chi connectivity index (χ4v) is 3.79. The number of nitrogens with zero attached hydrogens (tertiary/aromatic N) is 6. The normalized spacial score (nSPS) is 14.8. The number of carbonyl (C=O) groups is 1. The SMILES string of the molecule is [N-]=[N+]=NCCCN1CCN(c2nc(-c3ccc(C(=O)O)cc3)cs2)CC1. The Hall–Kier alpha value is -2.61. The van der Waals surface area contributed by atoms with E-state index in [4.69, 9.17) is 15.6 Å². The minimum atomic E-state index is -0.923.